The second-order valence-electron chi connectivity index (χ2n) is 5.72. The van der Waals surface area contributed by atoms with E-state index in [0.717, 1.165) is 23.8 Å². The molecule has 1 aliphatic rings. The molecule has 1 aromatic rings. The minimum absolute atomic E-state index is 0.333. The van der Waals surface area contributed by atoms with Crippen LogP contribution < -0.4 is 5.32 Å². The van der Waals surface area contributed by atoms with Gasteiger partial charge in [0.05, 0.1) is 29.5 Å². The Balaban J connectivity index is 2.18. The molecule has 0 aliphatic heterocycles. The van der Waals surface area contributed by atoms with Gasteiger partial charge >= 0.3 is 0 Å². The number of aromatic nitrogens is 2. The number of likely N-dealkylation sites (N-methyl/N-ethyl adjacent to an activating group) is 1. The van der Waals surface area contributed by atoms with Crippen LogP contribution in [0.2, 0.25) is 5.02 Å². The van der Waals surface area contributed by atoms with Crippen molar-refractivity contribution in [2.75, 3.05) is 27.7 Å². The van der Waals surface area contributed by atoms with Crippen molar-refractivity contribution in [3.8, 4) is 0 Å². The third-order valence-electron chi connectivity index (χ3n) is 4.07. The molecule has 1 heterocycles. The highest BCUT2D eigenvalue weighted by molar-refractivity contribution is 6.31. The lowest BCUT2D eigenvalue weighted by Crippen LogP contribution is -2.28. The van der Waals surface area contributed by atoms with Gasteiger partial charge in [-0.3, -0.25) is 4.68 Å². The Bertz CT molecular complexity index is 396. The smallest absolute Gasteiger partial charge is 0.0834 e. The molecule has 108 valence electrons. The second kappa shape index (κ2) is 6.73. The number of hydrogen-bond donors (Lipinski definition) is 1. The third-order valence-corrected chi connectivity index (χ3v) is 4.36. The Morgan fingerprint density at radius 1 is 1.47 bits per heavy atom. The zero-order valence-corrected chi connectivity index (χ0v) is 13.0. The standard InChI is InChI=1S/C14H25ClN4/c1-16-13(11-6-4-5-7-11)14-12(15)10-17-19(14)9-8-18(2)3/h10-11,13,16H,4-9H2,1-3H3. The predicted molar refractivity (Wildman–Crippen MR) is 79.5 cm³/mol. The fourth-order valence-electron chi connectivity index (χ4n) is 3.04. The number of hydrogen-bond acceptors (Lipinski definition) is 3. The maximum absolute atomic E-state index is 6.38. The molecule has 2 rings (SSSR count). The van der Waals surface area contributed by atoms with Gasteiger partial charge in [0.1, 0.15) is 0 Å². The van der Waals surface area contributed by atoms with E-state index >= 15 is 0 Å². The van der Waals surface area contributed by atoms with E-state index in [9.17, 15) is 0 Å². The third kappa shape index (κ3) is 3.50. The molecule has 5 heteroatoms. The van der Waals surface area contributed by atoms with E-state index in [4.69, 9.17) is 11.6 Å². The van der Waals surface area contributed by atoms with E-state index in [1.807, 2.05) is 7.05 Å². The molecule has 0 amide bonds. The molecule has 19 heavy (non-hydrogen) atoms. The Labute approximate surface area is 121 Å². The van der Waals surface area contributed by atoms with Crippen LogP contribution in [0, 0.1) is 5.92 Å². The number of nitrogens with zero attached hydrogens (tertiary/aromatic N) is 3. The molecule has 0 aromatic carbocycles. The first-order chi connectivity index (χ1) is 9.13. The lowest BCUT2D eigenvalue weighted by Gasteiger charge is -2.25. The van der Waals surface area contributed by atoms with Crippen LogP contribution in [-0.4, -0.2) is 42.4 Å². The summed E-state index contributed by atoms with van der Waals surface area (Å²) < 4.78 is 2.07. The summed E-state index contributed by atoms with van der Waals surface area (Å²) in [6, 6.07) is 0.333. The predicted octanol–water partition coefficient (Wildman–Crippen LogP) is 2.55. The van der Waals surface area contributed by atoms with Gasteiger partial charge in [0.25, 0.3) is 0 Å². The van der Waals surface area contributed by atoms with E-state index in [1.54, 1.807) is 6.20 Å². The van der Waals surface area contributed by atoms with Gasteiger partial charge in [-0.1, -0.05) is 24.4 Å². The summed E-state index contributed by atoms with van der Waals surface area (Å²) in [4.78, 5) is 2.17. The molecule has 1 aromatic heterocycles. The first-order valence-electron chi connectivity index (χ1n) is 7.16. The summed E-state index contributed by atoms with van der Waals surface area (Å²) in [7, 11) is 6.19. The Hall–Kier alpha value is -0.580. The van der Waals surface area contributed by atoms with Gasteiger partial charge in [-0.25, -0.2) is 0 Å². The summed E-state index contributed by atoms with van der Waals surface area (Å²) in [5.74, 6) is 0.692. The van der Waals surface area contributed by atoms with Crippen molar-refractivity contribution in [3.05, 3.63) is 16.9 Å². The van der Waals surface area contributed by atoms with Crippen LogP contribution in [0.3, 0.4) is 0 Å². The zero-order valence-electron chi connectivity index (χ0n) is 12.2. The molecule has 0 saturated heterocycles. The lowest BCUT2D eigenvalue weighted by atomic mass is 9.95. The maximum Gasteiger partial charge on any atom is 0.0834 e. The Morgan fingerprint density at radius 3 is 2.74 bits per heavy atom. The number of rotatable bonds is 6. The minimum Gasteiger partial charge on any atom is -0.311 e. The normalized spacial score (nSPS) is 18.4. The van der Waals surface area contributed by atoms with Crippen molar-refractivity contribution in [2.45, 2.75) is 38.3 Å². The number of halogens is 1. The van der Waals surface area contributed by atoms with Gasteiger partial charge in [0.15, 0.2) is 0 Å². The molecule has 1 aliphatic carbocycles. The zero-order chi connectivity index (χ0) is 13.8. The molecule has 0 radical (unpaired) electrons. The molecule has 1 unspecified atom stereocenters. The molecule has 0 spiro atoms. The monoisotopic (exact) mass is 284 g/mol. The van der Waals surface area contributed by atoms with Crippen molar-refractivity contribution in [3.63, 3.8) is 0 Å². The maximum atomic E-state index is 6.38. The Morgan fingerprint density at radius 2 is 2.16 bits per heavy atom. The van der Waals surface area contributed by atoms with Gasteiger partial charge in [-0.2, -0.15) is 5.10 Å². The molecule has 0 bridgehead atoms. The molecule has 1 atom stereocenters. The van der Waals surface area contributed by atoms with Crippen LogP contribution in [0.5, 0.6) is 0 Å². The van der Waals surface area contributed by atoms with Gasteiger partial charge in [0.2, 0.25) is 0 Å². The van der Waals surface area contributed by atoms with Crippen LogP contribution in [0.25, 0.3) is 0 Å². The van der Waals surface area contributed by atoms with Crippen molar-refractivity contribution < 1.29 is 0 Å². The van der Waals surface area contributed by atoms with Crippen molar-refractivity contribution in [2.24, 2.45) is 5.92 Å². The van der Waals surface area contributed by atoms with E-state index in [2.05, 4.69) is 34.1 Å². The SMILES string of the molecule is CNC(c1c(Cl)cnn1CCN(C)C)C1CCCC1. The summed E-state index contributed by atoms with van der Waals surface area (Å²) in [5, 5.41) is 8.70. The molecule has 1 saturated carbocycles. The van der Waals surface area contributed by atoms with Crippen LogP contribution >= 0.6 is 11.6 Å². The van der Waals surface area contributed by atoms with E-state index < -0.39 is 0 Å². The highest BCUT2D eigenvalue weighted by atomic mass is 35.5. The molecule has 1 fully saturated rings. The first-order valence-corrected chi connectivity index (χ1v) is 7.54. The van der Waals surface area contributed by atoms with Crippen LogP contribution in [0.1, 0.15) is 37.4 Å². The quantitative estimate of drug-likeness (QED) is 0.871. The van der Waals surface area contributed by atoms with E-state index in [-0.39, 0.29) is 0 Å². The minimum atomic E-state index is 0.333. The highest BCUT2D eigenvalue weighted by Crippen LogP contribution is 2.37. The fraction of sp³-hybridized carbons (Fsp3) is 0.786. The van der Waals surface area contributed by atoms with Crippen LogP contribution in [0.4, 0.5) is 0 Å². The van der Waals surface area contributed by atoms with Crippen LogP contribution in [-0.2, 0) is 6.54 Å². The molecule has 1 N–H and O–H groups in total. The van der Waals surface area contributed by atoms with Gasteiger partial charge in [0, 0.05) is 6.54 Å². The van der Waals surface area contributed by atoms with Crippen molar-refractivity contribution in [1.29, 1.82) is 0 Å². The molecule has 4 nitrogen and oxygen atoms in total. The Kier molecular flexibility index (Phi) is 5.25. The highest BCUT2D eigenvalue weighted by Gasteiger charge is 2.29. The van der Waals surface area contributed by atoms with Gasteiger partial charge in [-0.15, -0.1) is 0 Å². The van der Waals surface area contributed by atoms with Crippen molar-refractivity contribution in [1.82, 2.24) is 20.0 Å². The van der Waals surface area contributed by atoms with Gasteiger partial charge in [-0.05, 0) is 39.9 Å². The first kappa shape index (κ1) is 14.8. The lowest BCUT2D eigenvalue weighted by molar-refractivity contribution is 0.337. The number of nitrogens with one attached hydrogen (secondary N) is 1. The topological polar surface area (TPSA) is 33.1 Å². The summed E-state index contributed by atoms with van der Waals surface area (Å²) in [6.07, 6.45) is 7.05. The van der Waals surface area contributed by atoms with Crippen molar-refractivity contribution >= 4 is 11.6 Å². The fourth-order valence-corrected chi connectivity index (χ4v) is 3.30. The second-order valence-corrected chi connectivity index (χ2v) is 6.12. The molecular weight excluding hydrogens is 260 g/mol. The average molecular weight is 285 g/mol. The van der Waals surface area contributed by atoms with Crippen LogP contribution in [0.15, 0.2) is 6.20 Å². The largest absolute Gasteiger partial charge is 0.311 e. The van der Waals surface area contributed by atoms with E-state index in [0.29, 0.717) is 12.0 Å². The summed E-state index contributed by atoms with van der Waals surface area (Å²) in [5.41, 5.74) is 1.16. The molecular formula is C14H25ClN4. The van der Waals surface area contributed by atoms with E-state index in [1.165, 1.54) is 25.7 Å². The van der Waals surface area contributed by atoms with Gasteiger partial charge < -0.3 is 10.2 Å². The average Bonchev–Trinajstić information content (AvgIpc) is 3.00. The summed E-state index contributed by atoms with van der Waals surface area (Å²) >= 11 is 6.38. The summed E-state index contributed by atoms with van der Waals surface area (Å²) in [6.45, 7) is 1.87.